The van der Waals surface area contributed by atoms with Crippen molar-refractivity contribution in [3.63, 3.8) is 0 Å². The molecule has 0 unspecified atom stereocenters. The molecule has 1 saturated heterocycles. The lowest BCUT2D eigenvalue weighted by atomic mass is 9.89. The summed E-state index contributed by atoms with van der Waals surface area (Å²) in [4.78, 5) is 10.7. The van der Waals surface area contributed by atoms with Crippen molar-refractivity contribution in [3.8, 4) is 0 Å². The minimum absolute atomic E-state index is 0.120. The molecule has 12 heavy (non-hydrogen) atoms. The normalized spacial score (nSPS) is 28.8. The molecule has 0 bridgehead atoms. The first-order valence-electron chi connectivity index (χ1n) is 4.15. The molecule has 1 atom stereocenters. The fourth-order valence-corrected chi connectivity index (χ4v) is 1.13. The van der Waals surface area contributed by atoms with Crippen LogP contribution in [-0.2, 0) is 14.3 Å². The van der Waals surface area contributed by atoms with E-state index in [0.29, 0.717) is 6.61 Å². The van der Waals surface area contributed by atoms with E-state index in [0.717, 1.165) is 6.29 Å². The standard InChI is InChI=1S/C9H16O3/c1-8(2,6-10)7-5-11-9(3,4)12-7/h6-7H,5H2,1-4H3/t7-/m0/s1. The molecule has 0 aromatic carbocycles. The van der Waals surface area contributed by atoms with Crippen molar-refractivity contribution in [2.75, 3.05) is 6.61 Å². The van der Waals surface area contributed by atoms with Crippen molar-refractivity contribution in [1.29, 1.82) is 0 Å². The van der Waals surface area contributed by atoms with E-state index in [2.05, 4.69) is 0 Å². The third-order valence-corrected chi connectivity index (χ3v) is 2.14. The maximum Gasteiger partial charge on any atom is 0.163 e. The summed E-state index contributed by atoms with van der Waals surface area (Å²) in [6.07, 6.45) is 0.799. The molecule has 3 nitrogen and oxygen atoms in total. The molecule has 0 aromatic rings. The largest absolute Gasteiger partial charge is 0.348 e. The van der Waals surface area contributed by atoms with Gasteiger partial charge in [-0.3, -0.25) is 0 Å². The minimum atomic E-state index is -0.537. The fourth-order valence-electron chi connectivity index (χ4n) is 1.13. The van der Waals surface area contributed by atoms with Gasteiger partial charge in [-0.25, -0.2) is 0 Å². The van der Waals surface area contributed by atoms with E-state index < -0.39 is 11.2 Å². The van der Waals surface area contributed by atoms with Crippen LogP contribution >= 0.6 is 0 Å². The van der Waals surface area contributed by atoms with Gasteiger partial charge in [0.1, 0.15) is 6.29 Å². The van der Waals surface area contributed by atoms with Crippen LogP contribution in [0.25, 0.3) is 0 Å². The van der Waals surface area contributed by atoms with E-state index in [-0.39, 0.29) is 6.10 Å². The quantitative estimate of drug-likeness (QED) is 0.590. The van der Waals surface area contributed by atoms with Gasteiger partial charge in [-0.15, -0.1) is 0 Å². The highest BCUT2D eigenvalue weighted by Gasteiger charge is 2.41. The second kappa shape index (κ2) is 2.82. The summed E-state index contributed by atoms with van der Waals surface area (Å²) in [5.41, 5.74) is -0.451. The van der Waals surface area contributed by atoms with Gasteiger partial charge in [0.15, 0.2) is 5.79 Å². The van der Waals surface area contributed by atoms with Crippen LogP contribution in [0.2, 0.25) is 0 Å². The Morgan fingerprint density at radius 3 is 2.42 bits per heavy atom. The molecule has 0 spiro atoms. The third kappa shape index (κ3) is 1.84. The Morgan fingerprint density at radius 2 is 2.08 bits per heavy atom. The lowest BCUT2D eigenvalue weighted by Gasteiger charge is -2.25. The van der Waals surface area contributed by atoms with Gasteiger partial charge in [0.25, 0.3) is 0 Å². The molecule has 0 radical (unpaired) electrons. The van der Waals surface area contributed by atoms with E-state index >= 15 is 0 Å². The Labute approximate surface area is 73.0 Å². The smallest absolute Gasteiger partial charge is 0.163 e. The minimum Gasteiger partial charge on any atom is -0.348 e. The van der Waals surface area contributed by atoms with Crippen molar-refractivity contribution >= 4 is 6.29 Å². The summed E-state index contributed by atoms with van der Waals surface area (Å²) in [5, 5.41) is 0. The number of hydrogen-bond donors (Lipinski definition) is 0. The summed E-state index contributed by atoms with van der Waals surface area (Å²) in [6, 6.07) is 0. The topological polar surface area (TPSA) is 35.5 Å². The maximum atomic E-state index is 10.7. The predicted molar refractivity (Wildman–Crippen MR) is 44.7 cm³/mol. The molecule has 0 N–H and O–H groups in total. The molecule has 3 heteroatoms. The van der Waals surface area contributed by atoms with Crippen molar-refractivity contribution in [2.45, 2.75) is 39.6 Å². The Hall–Kier alpha value is -0.410. The number of hydrogen-bond acceptors (Lipinski definition) is 3. The van der Waals surface area contributed by atoms with Crippen LogP contribution in [0.5, 0.6) is 0 Å². The highest BCUT2D eigenvalue weighted by atomic mass is 16.7. The average molecular weight is 172 g/mol. The first-order valence-corrected chi connectivity index (χ1v) is 4.15. The lowest BCUT2D eigenvalue weighted by molar-refractivity contribution is -0.154. The van der Waals surface area contributed by atoms with E-state index in [1.54, 1.807) is 0 Å². The second-order valence-electron chi connectivity index (χ2n) is 4.26. The molecule has 1 heterocycles. The summed E-state index contributed by atoms with van der Waals surface area (Å²) in [6.45, 7) is 7.92. The summed E-state index contributed by atoms with van der Waals surface area (Å²) < 4.78 is 10.9. The van der Waals surface area contributed by atoms with Gasteiger partial charge in [0, 0.05) is 5.41 Å². The first-order chi connectivity index (χ1) is 5.37. The third-order valence-electron chi connectivity index (χ3n) is 2.14. The lowest BCUT2D eigenvalue weighted by Crippen LogP contribution is -2.34. The maximum absolute atomic E-state index is 10.7. The highest BCUT2D eigenvalue weighted by Crippen LogP contribution is 2.32. The first kappa shape index (κ1) is 9.68. The highest BCUT2D eigenvalue weighted by molar-refractivity contribution is 5.59. The van der Waals surface area contributed by atoms with Crippen LogP contribution < -0.4 is 0 Å². The zero-order valence-electron chi connectivity index (χ0n) is 8.09. The molecule has 0 amide bonds. The molecule has 1 rings (SSSR count). The zero-order valence-corrected chi connectivity index (χ0v) is 8.09. The SMILES string of the molecule is CC1(C)OC[C@@H](C(C)(C)C=O)O1. The van der Waals surface area contributed by atoms with Gasteiger partial charge in [0.2, 0.25) is 0 Å². The Balaban J connectivity index is 2.63. The number of carbonyl (C=O) groups is 1. The van der Waals surface area contributed by atoms with E-state index in [1.807, 2.05) is 27.7 Å². The zero-order chi connectivity index (χ0) is 9.41. The molecular formula is C9H16O3. The summed E-state index contributed by atoms with van der Waals surface area (Å²) in [7, 11) is 0. The van der Waals surface area contributed by atoms with E-state index in [1.165, 1.54) is 0 Å². The van der Waals surface area contributed by atoms with Crippen molar-refractivity contribution in [1.82, 2.24) is 0 Å². The van der Waals surface area contributed by atoms with Crippen LogP contribution in [-0.4, -0.2) is 24.8 Å². The van der Waals surface area contributed by atoms with Gasteiger partial charge < -0.3 is 14.3 Å². The molecule has 1 aliphatic rings. The molecular weight excluding hydrogens is 156 g/mol. The fraction of sp³-hybridized carbons (Fsp3) is 0.889. The second-order valence-corrected chi connectivity index (χ2v) is 4.26. The molecule has 0 aliphatic carbocycles. The number of aldehydes is 1. The van der Waals surface area contributed by atoms with Crippen LogP contribution in [0.4, 0.5) is 0 Å². The van der Waals surface area contributed by atoms with Crippen molar-refractivity contribution < 1.29 is 14.3 Å². The monoisotopic (exact) mass is 172 g/mol. The summed E-state index contributed by atoms with van der Waals surface area (Å²) >= 11 is 0. The molecule has 1 fully saturated rings. The van der Waals surface area contributed by atoms with Crippen LogP contribution in [0.3, 0.4) is 0 Å². The van der Waals surface area contributed by atoms with E-state index in [9.17, 15) is 4.79 Å². The van der Waals surface area contributed by atoms with Gasteiger partial charge in [-0.05, 0) is 13.8 Å². The number of ether oxygens (including phenoxy) is 2. The van der Waals surface area contributed by atoms with Gasteiger partial charge >= 0.3 is 0 Å². The van der Waals surface area contributed by atoms with Crippen molar-refractivity contribution in [3.05, 3.63) is 0 Å². The van der Waals surface area contributed by atoms with Crippen LogP contribution in [0.15, 0.2) is 0 Å². The van der Waals surface area contributed by atoms with Crippen molar-refractivity contribution in [2.24, 2.45) is 5.41 Å². The van der Waals surface area contributed by atoms with Gasteiger partial charge in [0.05, 0.1) is 12.7 Å². The van der Waals surface area contributed by atoms with Crippen LogP contribution in [0, 0.1) is 5.41 Å². The summed E-state index contributed by atoms with van der Waals surface area (Å²) in [5.74, 6) is -0.537. The Morgan fingerprint density at radius 1 is 1.50 bits per heavy atom. The number of rotatable bonds is 2. The molecule has 70 valence electrons. The molecule has 0 saturated carbocycles. The Kier molecular flexibility index (Phi) is 2.27. The van der Waals surface area contributed by atoms with Gasteiger partial charge in [-0.2, -0.15) is 0 Å². The molecule has 0 aromatic heterocycles. The van der Waals surface area contributed by atoms with E-state index in [4.69, 9.17) is 9.47 Å². The predicted octanol–water partition coefficient (Wildman–Crippen LogP) is 1.36. The van der Waals surface area contributed by atoms with Gasteiger partial charge in [-0.1, -0.05) is 13.8 Å². The van der Waals surface area contributed by atoms with Crippen LogP contribution in [0.1, 0.15) is 27.7 Å². The average Bonchev–Trinajstić information content (AvgIpc) is 2.31. The molecule has 1 aliphatic heterocycles. The number of carbonyl (C=O) groups excluding carboxylic acids is 1. The Bertz CT molecular complexity index is 184.